The van der Waals surface area contributed by atoms with Crippen LogP contribution in [-0.4, -0.2) is 43.6 Å². The summed E-state index contributed by atoms with van der Waals surface area (Å²) in [5.41, 5.74) is 0.790. The van der Waals surface area contributed by atoms with Gasteiger partial charge in [0.05, 0.1) is 11.6 Å². The van der Waals surface area contributed by atoms with Crippen LogP contribution in [0.1, 0.15) is 31.0 Å². The molecule has 0 radical (unpaired) electrons. The van der Waals surface area contributed by atoms with E-state index in [0.717, 1.165) is 29.7 Å². The SMILES string of the molecule is COCCCn1cnnc1[C@H](C)Nc1nc(CO)nc2ccccc12. The van der Waals surface area contributed by atoms with E-state index in [1.807, 2.05) is 35.8 Å². The van der Waals surface area contributed by atoms with Crippen LogP contribution < -0.4 is 5.32 Å². The molecule has 0 bridgehead atoms. The van der Waals surface area contributed by atoms with E-state index < -0.39 is 0 Å². The number of fused-ring (bicyclic) bond motifs is 1. The molecular formula is C17H22N6O2. The Balaban J connectivity index is 1.85. The summed E-state index contributed by atoms with van der Waals surface area (Å²) in [6.07, 6.45) is 2.61. The van der Waals surface area contributed by atoms with Crippen LogP contribution in [0.4, 0.5) is 5.82 Å². The second-order valence-corrected chi connectivity index (χ2v) is 5.76. The number of nitrogens with zero attached hydrogens (tertiary/aromatic N) is 5. The van der Waals surface area contributed by atoms with E-state index in [2.05, 4.69) is 25.5 Å². The first-order chi connectivity index (χ1) is 12.2. The molecule has 132 valence electrons. The van der Waals surface area contributed by atoms with Crippen molar-refractivity contribution in [2.45, 2.75) is 32.5 Å². The molecule has 3 aromatic rings. The number of para-hydroxylation sites is 1. The molecule has 0 aliphatic rings. The van der Waals surface area contributed by atoms with Crippen LogP contribution in [0.15, 0.2) is 30.6 Å². The fourth-order valence-corrected chi connectivity index (χ4v) is 2.73. The van der Waals surface area contributed by atoms with E-state index in [1.165, 1.54) is 0 Å². The topological polar surface area (TPSA) is 98.0 Å². The van der Waals surface area contributed by atoms with Gasteiger partial charge in [-0.3, -0.25) is 0 Å². The normalized spacial score (nSPS) is 12.4. The van der Waals surface area contributed by atoms with E-state index in [4.69, 9.17) is 4.74 Å². The summed E-state index contributed by atoms with van der Waals surface area (Å²) in [4.78, 5) is 8.77. The van der Waals surface area contributed by atoms with Crippen LogP contribution in [0.25, 0.3) is 10.9 Å². The number of anilines is 1. The number of rotatable bonds is 8. The Bertz CT molecular complexity index is 835. The Morgan fingerprint density at radius 1 is 1.28 bits per heavy atom. The maximum Gasteiger partial charge on any atom is 0.156 e. The third-order valence-corrected chi connectivity index (χ3v) is 3.92. The largest absolute Gasteiger partial charge is 0.388 e. The van der Waals surface area contributed by atoms with Gasteiger partial charge in [-0.05, 0) is 25.5 Å². The Labute approximate surface area is 145 Å². The molecule has 2 N–H and O–H groups in total. The number of aliphatic hydroxyl groups is 1. The summed E-state index contributed by atoms with van der Waals surface area (Å²) >= 11 is 0. The summed E-state index contributed by atoms with van der Waals surface area (Å²) in [6.45, 7) is 3.28. The Morgan fingerprint density at radius 3 is 2.92 bits per heavy atom. The maximum atomic E-state index is 9.41. The number of methoxy groups -OCH3 is 1. The van der Waals surface area contributed by atoms with Gasteiger partial charge in [-0.15, -0.1) is 10.2 Å². The van der Waals surface area contributed by atoms with E-state index in [9.17, 15) is 5.11 Å². The van der Waals surface area contributed by atoms with Crippen molar-refractivity contribution in [3.05, 3.63) is 42.2 Å². The van der Waals surface area contributed by atoms with Crippen LogP contribution >= 0.6 is 0 Å². The zero-order chi connectivity index (χ0) is 17.6. The molecule has 1 aromatic carbocycles. The molecule has 3 rings (SSSR count). The fraction of sp³-hybridized carbons (Fsp3) is 0.412. The molecule has 0 fully saturated rings. The summed E-state index contributed by atoms with van der Waals surface area (Å²) in [5, 5.41) is 21.9. The molecule has 0 saturated heterocycles. The highest BCUT2D eigenvalue weighted by atomic mass is 16.5. The molecule has 0 saturated carbocycles. The van der Waals surface area contributed by atoms with Crippen molar-refractivity contribution < 1.29 is 9.84 Å². The van der Waals surface area contributed by atoms with E-state index in [0.29, 0.717) is 18.2 Å². The molecule has 1 atom stereocenters. The van der Waals surface area contributed by atoms with Crippen LogP contribution in [0, 0.1) is 0 Å². The first-order valence-electron chi connectivity index (χ1n) is 8.22. The maximum absolute atomic E-state index is 9.41. The van der Waals surface area contributed by atoms with Crippen LogP contribution in [0.5, 0.6) is 0 Å². The lowest BCUT2D eigenvalue weighted by Gasteiger charge is -2.17. The smallest absolute Gasteiger partial charge is 0.156 e. The van der Waals surface area contributed by atoms with Crippen molar-refractivity contribution in [3.8, 4) is 0 Å². The highest BCUT2D eigenvalue weighted by Crippen LogP contribution is 2.24. The van der Waals surface area contributed by atoms with Gasteiger partial charge in [-0.2, -0.15) is 0 Å². The number of benzene rings is 1. The fourth-order valence-electron chi connectivity index (χ4n) is 2.73. The number of nitrogens with one attached hydrogen (secondary N) is 1. The number of aliphatic hydroxyl groups excluding tert-OH is 1. The first kappa shape index (κ1) is 17.2. The van der Waals surface area contributed by atoms with Gasteiger partial charge in [-0.1, -0.05) is 12.1 Å². The third kappa shape index (κ3) is 3.92. The minimum atomic E-state index is -0.207. The van der Waals surface area contributed by atoms with Crippen LogP contribution in [0.2, 0.25) is 0 Å². The lowest BCUT2D eigenvalue weighted by Crippen LogP contribution is -2.16. The molecule has 0 spiro atoms. The van der Waals surface area contributed by atoms with E-state index in [1.54, 1.807) is 13.4 Å². The second-order valence-electron chi connectivity index (χ2n) is 5.76. The lowest BCUT2D eigenvalue weighted by atomic mass is 10.2. The average Bonchev–Trinajstić information content (AvgIpc) is 3.10. The van der Waals surface area contributed by atoms with Gasteiger partial charge < -0.3 is 19.7 Å². The Morgan fingerprint density at radius 2 is 2.12 bits per heavy atom. The molecule has 2 heterocycles. The van der Waals surface area contributed by atoms with Crippen molar-refractivity contribution in [3.63, 3.8) is 0 Å². The van der Waals surface area contributed by atoms with Gasteiger partial charge in [0, 0.05) is 25.6 Å². The van der Waals surface area contributed by atoms with Crippen molar-refractivity contribution in [1.82, 2.24) is 24.7 Å². The minimum Gasteiger partial charge on any atom is -0.388 e. The van der Waals surface area contributed by atoms with Crippen LogP contribution in [0.3, 0.4) is 0 Å². The van der Waals surface area contributed by atoms with Gasteiger partial charge in [-0.25, -0.2) is 9.97 Å². The summed E-state index contributed by atoms with van der Waals surface area (Å²) in [6, 6.07) is 7.60. The molecule has 0 aliphatic carbocycles. The minimum absolute atomic E-state index is 0.102. The molecule has 25 heavy (non-hydrogen) atoms. The number of aromatic nitrogens is 5. The highest BCUT2D eigenvalue weighted by Gasteiger charge is 2.16. The summed E-state index contributed by atoms with van der Waals surface area (Å²) in [7, 11) is 1.69. The predicted molar refractivity (Wildman–Crippen MR) is 94.0 cm³/mol. The van der Waals surface area contributed by atoms with Gasteiger partial charge >= 0.3 is 0 Å². The standard InChI is InChI=1S/C17H22N6O2/c1-12(17-22-18-11-23(17)8-5-9-25-2)19-16-13-6-3-4-7-14(13)20-15(10-24)21-16/h3-4,6-7,11-12,24H,5,8-10H2,1-2H3,(H,19,20,21)/t12-/m0/s1. The Kier molecular flexibility index (Phi) is 5.52. The molecule has 0 unspecified atom stereocenters. The molecule has 8 nitrogen and oxygen atoms in total. The molecule has 0 amide bonds. The highest BCUT2D eigenvalue weighted by molar-refractivity contribution is 5.89. The van der Waals surface area contributed by atoms with Gasteiger partial charge in [0.15, 0.2) is 11.6 Å². The molecular weight excluding hydrogens is 320 g/mol. The van der Waals surface area contributed by atoms with Gasteiger partial charge in [0.2, 0.25) is 0 Å². The van der Waals surface area contributed by atoms with E-state index in [-0.39, 0.29) is 12.6 Å². The second kappa shape index (κ2) is 8.00. The molecule has 0 aliphatic heterocycles. The number of ether oxygens (including phenoxy) is 1. The number of hydrogen-bond donors (Lipinski definition) is 2. The average molecular weight is 342 g/mol. The molecule has 8 heteroatoms. The van der Waals surface area contributed by atoms with Crippen LogP contribution in [-0.2, 0) is 17.9 Å². The van der Waals surface area contributed by atoms with Crippen molar-refractivity contribution in [2.75, 3.05) is 19.0 Å². The summed E-state index contributed by atoms with van der Waals surface area (Å²) in [5.74, 6) is 1.88. The zero-order valence-electron chi connectivity index (χ0n) is 14.4. The van der Waals surface area contributed by atoms with Crippen molar-refractivity contribution in [1.29, 1.82) is 0 Å². The third-order valence-electron chi connectivity index (χ3n) is 3.92. The Hall–Kier alpha value is -2.58. The number of hydrogen-bond acceptors (Lipinski definition) is 7. The van der Waals surface area contributed by atoms with Crippen molar-refractivity contribution >= 4 is 16.7 Å². The molecule has 2 aromatic heterocycles. The predicted octanol–water partition coefficient (Wildman–Crippen LogP) is 1.92. The number of aryl methyl sites for hydroxylation is 1. The zero-order valence-corrected chi connectivity index (χ0v) is 14.4. The quantitative estimate of drug-likeness (QED) is 0.604. The lowest BCUT2D eigenvalue weighted by molar-refractivity contribution is 0.190. The monoisotopic (exact) mass is 342 g/mol. The first-order valence-corrected chi connectivity index (χ1v) is 8.22. The van der Waals surface area contributed by atoms with Gasteiger partial charge in [0.1, 0.15) is 18.8 Å². The summed E-state index contributed by atoms with van der Waals surface area (Å²) < 4.78 is 7.11. The van der Waals surface area contributed by atoms with E-state index >= 15 is 0 Å². The van der Waals surface area contributed by atoms with Gasteiger partial charge in [0.25, 0.3) is 0 Å². The van der Waals surface area contributed by atoms with Crippen molar-refractivity contribution in [2.24, 2.45) is 0 Å².